The lowest BCUT2D eigenvalue weighted by molar-refractivity contribution is -0.122. The quantitative estimate of drug-likeness (QED) is 0.882. The molecular weight excluding hydrogens is 314 g/mol. The largest absolute Gasteiger partial charge is 0.369 e. The van der Waals surface area contributed by atoms with Crippen LogP contribution in [-0.2, 0) is 9.59 Å². The maximum absolute atomic E-state index is 12.4. The number of amides is 2. The van der Waals surface area contributed by atoms with Crippen molar-refractivity contribution in [3.63, 3.8) is 0 Å². The van der Waals surface area contributed by atoms with Gasteiger partial charge in [-0.1, -0.05) is 25.1 Å². The molecule has 1 heterocycles. The van der Waals surface area contributed by atoms with Gasteiger partial charge in [0.05, 0.1) is 0 Å². The molecule has 0 unspecified atom stereocenters. The summed E-state index contributed by atoms with van der Waals surface area (Å²) in [5, 5.41) is 3.79. The zero-order chi connectivity index (χ0) is 18.0. The Morgan fingerprint density at radius 2 is 1.88 bits per heavy atom. The van der Waals surface area contributed by atoms with E-state index in [1.54, 1.807) is 0 Å². The van der Waals surface area contributed by atoms with Crippen LogP contribution in [0.15, 0.2) is 24.3 Å². The molecule has 0 radical (unpaired) electrons. The number of nitrogens with one attached hydrogen (secondary N) is 1. The minimum absolute atomic E-state index is 0.0354. The second-order valence-electron chi connectivity index (χ2n) is 7.43. The number of carbonyl (C=O) groups is 2. The SMILES string of the molecule is CCC(=O)N1c2ccccc2[C@H](NC2CCC(C(N)=O)CC2)C[C@@H]1C. The van der Waals surface area contributed by atoms with Gasteiger partial charge in [-0.3, -0.25) is 9.59 Å². The lowest BCUT2D eigenvalue weighted by atomic mass is 9.84. The average molecular weight is 343 g/mol. The number of fused-ring (bicyclic) bond motifs is 1. The van der Waals surface area contributed by atoms with Crippen molar-refractivity contribution in [2.75, 3.05) is 4.90 Å². The normalized spacial score (nSPS) is 29.1. The summed E-state index contributed by atoms with van der Waals surface area (Å²) < 4.78 is 0. The zero-order valence-electron chi connectivity index (χ0n) is 15.2. The van der Waals surface area contributed by atoms with E-state index in [4.69, 9.17) is 5.73 Å². The molecule has 1 fully saturated rings. The van der Waals surface area contributed by atoms with Crippen molar-refractivity contribution in [3.05, 3.63) is 29.8 Å². The van der Waals surface area contributed by atoms with Crippen LogP contribution in [0.3, 0.4) is 0 Å². The number of para-hydroxylation sites is 1. The molecule has 1 aliphatic carbocycles. The molecule has 136 valence electrons. The minimum Gasteiger partial charge on any atom is -0.369 e. The smallest absolute Gasteiger partial charge is 0.226 e. The molecule has 3 rings (SSSR count). The average Bonchev–Trinajstić information content (AvgIpc) is 2.62. The van der Waals surface area contributed by atoms with Crippen molar-refractivity contribution in [3.8, 4) is 0 Å². The van der Waals surface area contributed by atoms with E-state index in [1.807, 2.05) is 24.0 Å². The summed E-state index contributed by atoms with van der Waals surface area (Å²) in [5.41, 5.74) is 7.68. The number of nitrogens with two attached hydrogens (primary N) is 1. The first-order valence-corrected chi connectivity index (χ1v) is 9.47. The lowest BCUT2D eigenvalue weighted by Crippen LogP contribution is -2.47. The molecule has 1 aromatic rings. The predicted molar refractivity (Wildman–Crippen MR) is 99.1 cm³/mol. The van der Waals surface area contributed by atoms with E-state index in [2.05, 4.69) is 24.4 Å². The molecule has 0 aromatic heterocycles. The summed E-state index contributed by atoms with van der Waals surface area (Å²) in [6.45, 7) is 4.04. The highest BCUT2D eigenvalue weighted by Gasteiger charge is 2.34. The molecule has 1 aliphatic heterocycles. The van der Waals surface area contributed by atoms with Gasteiger partial charge in [-0.25, -0.2) is 0 Å². The van der Waals surface area contributed by atoms with Crippen molar-refractivity contribution in [1.82, 2.24) is 5.32 Å². The molecule has 0 spiro atoms. The highest BCUT2D eigenvalue weighted by Crippen LogP contribution is 2.38. The van der Waals surface area contributed by atoms with E-state index >= 15 is 0 Å². The summed E-state index contributed by atoms with van der Waals surface area (Å²) in [4.78, 5) is 25.7. The van der Waals surface area contributed by atoms with Crippen molar-refractivity contribution < 1.29 is 9.59 Å². The number of benzene rings is 1. The summed E-state index contributed by atoms with van der Waals surface area (Å²) in [6.07, 6.45) is 5.15. The topological polar surface area (TPSA) is 75.4 Å². The van der Waals surface area contributed by atoms with Gasteiger partial charge in [-0.05, 0) is 50.7 Å². The van der Waals surface area contributed by atoms with Crippen molar-refractivity contribution in [2.24, 2.45) is 11.7 Å². The lowest BCUT2D eigenvalue weighted by Gasteiger charge is -2.41. The van der Waals surface area contributed by atoms with Crippen molar-refractivity contribution in [2.45, 2.75) is 70.5 Å². The Morgan fingerprint density at radius 1 is 1.20 bits per heavy atom. The van der Waals surface area contributed by atoms with Crippen molar-refractivity contribution in [1.29, 1.82) is 0 Å². The third-order valence-electron chi connectivity index (χ3n) is 5.73. The summed E-state index contributed by atoms with van der Waals surface area (Å²) in [5.74, 6) is 0.0532. The Morgan fingerprint density at radius 3 is 2.52 bits per heavy atom. The van der Waals surface area contributed by atoms with Crippen molar-refractivity contribution >= 4 is 17.5 Å². The fourth-order valence-electron chi connectivity index (χ4n) is 4.35. The number of carbonyl (C=O) groups excluding carboxylic acids is 2. The number of anilines is 1. The van der Waals surface area contributed by atoms with Crippen LogP contribution in [0.2, 0.25) is 0 Å². The first-order chi connectivity index (χ1) is 12.0. The number of hydrogen-bond acceptors (Lipinski definition) is 3. The Balaban J connectivity index is 1.75. The van der Waals surface area contributed by atoms with Gasteiger partial charge in [-0.15, -0.1) is 0 Å². The van der Waals surface area contributed by atoms with Crippen LogP contribution >= 0.6 is 0 Å². The van der Waals surface area contributed by atoms with Gasteiger partial charge in [0, 0.05) is 36.2 Å². The van der Waals surface area contributed by atoms with Crippen LogP contribution in [0.1, 0.15) is 64.0 Å². The second-order valence-corrected chi connectivity index (χ2v) is 7.43. The number of nitrogens with zero attached hydrogens (tertiary/aromatic N) is 1. The predicted octanol–water partition coefficient (Wildman–Crippen LogP) is 2.90. The number of hydrogen-bond donors (Lipinski definition) is 2. The van der Waals surface area contributed by atoms with E-state index in [9.17, 15) is 9.59 Å². The van der Waals surface area contributed by atoms with Gasteiger partial charge in [0.1, 0.15) is 0 Å². The molecule has 0 bridgehead atoms. The molecule has 5 nitrogen and oxygen atoms in total. The highest BCUT2D eigenvalue weighted by atomic mass is 16.2. The molecule has 2 atom stereocenters. The van der Waals surface area contributed by atoms with E-state index in [0.29, 0.717) is 12.5 Å². The summed E-state index contributed by atoms with van der Waals surface area (Å²) >= 11 is 0. The van der Waals surface area contributed by atoms with Gasteiger partial charge in [-0.2, -0.15) is 0 Å². The Kier molecular flexibility index (Phi) is 5.42. The molecule has 1 aromatic carbocycles. The van der Waals surface area contributed by atoms with Crippen LogP contribution in [0, 0.1) is 5.92 Å². The second kappa shape index (κ2) is 7.56. The molecule has 3 N–H and O–H groups in total. The highest BCUT2D eigenvalue weighted by molar-refractivity contribution is 5.95. The minimum atomic E-state index is -0.163. The maximum Gasteiger partial charge on any atom is 0.226 e. The molecule has 5 heteroatoms. The van der Waals surface area contributed by atoms with Crippen LogP contribution in [-0.4, -0.2) is 23.9 Å². The van der Waals surface area contributed by atoms with Gasteiger partial charge >= 0.3 is 0 Å². The van der Waals surface area contributed by atoms with E-state index in [-0.39, 0.29) is 29.8 Å². The fourth-order valence-corrected chi connectivity index (χ4v) is 4.35. The zero-order valence-corrected chi connectivity index (χ0v) is 15.2. The molecule has 2 amide bonds. The third kappa shape index (κ3) is 3.71. The molecule has 25 heavy (non-hydrogen) atoms. The number of primary amides is 1. The summed E-state index contributed by atoms with van der Waals surface area (Å²) in [6, 6.07) is 9.07. The first-order valence-electron chi connectivity index (χ1n) is 9.47. The Labute approximate surface area is 150 Å². The molecule has 0 saturated heterocycles. The molecule has 1 saturated carbocycles. The third-order valence-corrected chi connectivity index (χ3v) is 5.73. The Hall–Kier alpha value is -1.88. The Bertz CT molecular complexity index is 638. The van der Waals surface area contributed by atoms with E-state index in [1.165, 1.54) is 5.56 Å². The summed E-state index contributed by atoms with van der Waals surface area (Å²) in [7, 11) is 0. The van der Waals surface area contributed by atoms with Crippen LogP contribution in [0.4, 0.5) is 5.69 Å². The standard InChI is InChI=1S/C20H29N3O2/c1-3-19(24)23-13(2)12-17(16-6-4-5-7-18(16)23)22-15-10-8-14(9-11-15)20(21)25/h4-7,13-15,17,22H,3,8-12H2,1-2H3,(H2,21,25)/t13-,14?,15?,17+/m0/s1. The molecule has 2 aliphatic rings. The fraction of sp³-hybridized carbons (Fsp3) is 0.600. The van der Waals surface area contributed by atoms with Crippen LogP contribution in [0.5, 0.6) is 0 Å². The van der Waals surface area contributed by atoms with Gasteiger partial charge < -0.3 is 16.0 Å². The maximum atomic E-state index is 12.4. The van der Waals surface area contributed by atoms with Gasteiger partial charge in [0.25, 0.3) is 0 Å². The van der Waals surface area contributed by atoms with Gasteiger partial charge in [0.2, 0.25) is 11.8 Å². The van der Waals surface area contributed by atoms with E-state index in [0.717, 1.165) is 37.8 Å². The first kappa shape index (κ1) is 17.9. The monoisotopic (exact) mass is 343 g/mol. The van der Waals surface area contributed by atoms with E-state index < -0.39 is 0 Å². The van der Waals surface area contributed by atoms with Gasteiger partial charge in [0.15, 0.2) is 0 Å². The van der Waals surface area contributed by atoms with Crippen LogP contribution < -0.4 is 16.0 Å². The number of rotatable bonds is 4. The van der Waals surface area contributed by atoms with Crippen LogP contribution in [0.25, 0.3) is 0 Å². The molecular formula is C20H29N3O2.